The molecule has 3 aromatic carbocycles. The average Bonchev–Trinajstić information content (AvgIpc) is 2.68. The minimum Gasteiger partial charge on any atom is -0.322 e. The van der Waals surface area contributed by atoms with E-state index in [0.29, 0.717) is 5.56 Å². The number of amides is 1. The van der Waals surface area contributed by atoms with E-state index in [1.54, 1.807) is 12.1 Å². The monoisotopic (exact) mass is 325 g/mol. The van der Waals surface area contributed by atoms with Crippen LogP contribution in [0.1, 0.15) is 34.0 Å². The Balaban J connectivity index is 1.72. The summed E-state index contributed by atoms with van der Waals surface area (Å²) in [4.78, 5) is 12.4. The maximum absolute atomic E-state index is 12.4. The molecule has 0 aromatic heterocycles. The van der Waals surface area contributed by atoms with E-state index in [2.05, 4.69) is 24.1 Å². The van der Waals surface area contributed by atoms with Gasteiger partial charge in [-0.2, -0.15) is 0 Å². The Labute approximate surface area is 148 Å². The third-order valence-corrected chi connectivity index (χ3v) is 3.92. The van der Waals surface area contributed by atoms with Crippen LogP contribution in [0.15, 0.2) is 78.9 Å². The second-order valence-electron chi connectivity index (χ2n) is 5.66. The zero-order valence-corrected chi connectivity index (χ0v) is 14.1. The predicted molar refractivity (Wildman–Crippen MR) is 103 cm³/mol. The Bertz CT molecular complexity index is 916. The molecule has 2 heteroatoms. The first-order chi connectivity index (χ1) is 12.3. The zero-order chi connectivity index (χ0) is 17.5. The third-order valence-electron chi connectivity index (χ3n) is 3.92. The minimum absolute atomic E-state index is 0.108. The van der Waals surface area contributed by atoms with Crippen LogP contribution in [-0.2, 0) is 6.42 Å². The summed E-state index contributed by atoms with van der Waals surface area (Å²) in [6, 6.07) is 25.1. The lowest BCUT2D eigenvalue weighted by atomic mass is 10.1. The van der Waals surface area contributed by atoms with Gasteiger partial charge in [-0.05, 0) is 54.4 Å². The number of hydrogen-bond donors (Lipinski definition) is 1. The molecule has 122 valence electrons. The molecule has 0 spiro atoms. The molecule has 0 bridgehead atoms. The Morgan fingerprint density at radius 2 is 1.40 bits per heavy atom. The molecule has 0 fully saturated rings. The van der Waals surface area contributed by atoms with Gasteiger partial charge in [-0.15, -0.1) is 0 Å². The maximum atomic E-state index is 12.4. The number of rotatable bonds is 3. The third kappa shape index (κ3) is 4.37. The highest BCUT2D eigenvalue weighted by Crippen LogP contribution is 2.16. The summed E-state index contributed by atoms with van der Waals surface area (Å²) >= 11 is 0. The molecule has 0 unspecified atom stereocenters. The summed E-state index contributed by atoms with van der Waals surface area (Å²) in [6.45, 7) is 2.07. The molecular formula is C23H19NO. The van der Waals surface area contributed by atoms with Gasteiger partial charge >= 0.3 is 0 Å². The Morgan fingerprint density at radius 3 is 2.08 bits per heavy atom. The van der Waals surface area contributed by atoms with Gasteiger partial charge in [0.05, 0.1) is 0 Å². The van der Waals surface area contributed by atoms with Crippen molar-refractivity contribution in [1.29, 1.82) is 0 Å². The molecule has 3 aromatic rings. The van der Waals surface area contributed by atoms with Gasteiger partial charge in [0.1, 0.15) is 0 Å². The summed E-state index contributed by atoms with van der Waals surface area (Å²) in [5.74, 6) is 6.12. The van der Waals surface area contributed by atoms with Gasteiger partial charge in [0.2, 0.25) is 0 Å². The molecule has 0 aliphatic rings. The molecule has 0 aliphatic carbocycles. The summed E-state index contributed by atoms with van der Waals surface area (Å²) < 4.78 is 0. The van der Waals surface area contributed by atoms with E-state index in [9.17, 15) is 4.79 Å². The van der Waals surface area contributed by atoms with Crippen LogP contribution in [0.25, 0.3) is 0 Å². The minimum atomic E-state index is -0.108. The Morgan fingerprint density at radius 1 is 0.800 bits per heavy atom. The molecular weight excluding hydrogens is 306 g/mol. The molecule has 25 heavy (non-hydrogen) atoms. The fourth-order valence-corrected chi connectivity index (χ4v) is 2.52. The summed E-state index contributed by atoms with van der Waals surface area (Å²) in [5, 5.41) is 2.98. The topological polar surface area (TPSA) is 29.1 Å². The molecule has 1 amide bonds. The molecule has 3 rings (SSSR count). The fraction of sp³-hybridized carbons (Fsp3) is 0.0870. The van der Waals surface area contributed by atoms with Crippen molar-refractivity contribution in [2.45, 2.75) is 13.3 Å². The van der Waals surface area contributed by atoms with E-state index in [1.807, 2.05) is 66.7 Å². The smallest absolute Gasteiger partial charge is 0.255 e. The summed E-state index contributed by atoms with van der Waals surface area (Å²) in [7, 11) is 0. The van der Waals surface area contributed by atoms with E-state index in [-0.39, 0.29) is 5.91 Å². The molecule has 0 saturated carbocycles. The van der Waals surface area contributed by atoms with Crippen molar-refractivity contribution in [2.24, 2.45) is 0 Å². The van der Waals surface area contributed by atoms with Crippen molar-refractivity contribution in [3.05, 3.63) is 101 Å². The first kappa shape index (κ1) is 16.5. The van der Waals surface area contributed by atoms with Crippen LogP contribution in [0.5, 0.6) is 0 Å². The van der Waals surface area contributed by atoms with Gasteiger partial charge < -0.3 is 5.32 Å². The lowest BCUT2D eigenvalue weighted by molar-refractivity contribution is 0.102. The van der Waals surface area contributed by atoms with Crippen molar-refractivity contribution in [3.63, 3.8) is 0 Å². The van der Waals surface area contributed by atoms with Crippen LogP contribution < -0.4 is 5.32 Å². The largest absolute Gasteiger partial charge is 0.322 e. The first-order valence-electron chi connectivity index (χ1n) is 8.32. The molecule has 0 saturated heterocycles. The number of benzene rings is 3. The van der Waals surface area contributed by atoms with Crippen molar-refractivity contribution in [1.82, 2.24) is 0 Å². The lowest BCUT2D eigenvalue weighted by Gasteiger charge is -2.09. The number of hydrogen-bond acceptors (Lipinski definition) is 1. The molecule has 0 atom stereocenters. The van der Waals surface area contributed by atoms with Crippen molar-refractivity contribution in [2.75, 3.05) is 5.32 Å². The van der Waals surface area contributed by atoms with E-state index in [0.717, 1.165) is 28.8 Å². The van der Waals surface area contributed by atoms with E-state index in [1.165, 1.54) is 0 Å². The number of anilines is 1. The number of carbonyl (C=O) groups is 1. The lowest BCUT2D eigenvalue weighted by Crippen LogP contribution is -2.13. The van der Waals surface area contributed by atoms with Crippen LogP contribution in [0.4, 0.5) is 5.69 Å². The normalized spacial score (nSPS) is 9.80. The van der Waals surface area contributed by atoms with Crippen LogP contribution in [0.2, 0.25) is 0 Å². The molecule has 0 aliphatic heterocycles. The van der Waals surface area contributed by atoms with Gasteiger partial charge in [-0.3, -0.25) is 4.79 Å². The summed E-state index contributed by atoms with van der Waals surface area (Å²) in [5.41, 5.74) is 4.47. The highest BCUT2D eigenvalue weighted by atomic mass is 16.1. The van der Waals surface area contributed by atoms with E-state index in [4.69, 9.17) is 0 Å². The second-order valence-corrected chi connectivity index (χ2v) is 5.66. The predicted octanol–water partition coefficient (Wildman–Crippen LogP) is 4.90. The maximum Gasteiger partial charge on any atom is 0.255 e. The number of para-hydroxylation sites is 1. The fourth-order valence-electron chi connectivity index (χ4n) is 2.52. The van der Waals surface area contributed by atoms with Crippen LogP contribution >= 0.6 is 0 Å². The highest BCUT2D eigenvalue weighted by molar-refractivity contribution is 6.04. The van der Waals surface area contributed by atoms with Gasteiger partial charge in [-0.25, -0.2) is 0 Å². The van der Waals surface area contributed by atoms with Crippen LogP contribution in [-0.4, -0.2) is 5.91 Å². The standard InChI is InChI=1S/C23H19NO/c1-2-20-10-6-7-11-22(20)24-23(25)21-16-14-19(15-17-21)13-12-18-8-4-3-5-9-18/h3-11,14-17H,2H2,1H3,(H,24,25). The second kappa shape index (κ2) is 7.99. The zero-order valence-electron chi connectivity index (χ0n) is 14.1. The van der Waals surface area contributed by atoms with Crippen molar-refractivity contribution >= 4 is 11.6 Å². The SMILES string of the molecule is CCc1ccccc1NC(=O)c1ccc(C#Cc2ccccc2)cc1. The number of carbonyl (C=O) groups excluding carboxylic acids is 1. The van der Waals surface area contributed by atoms with Crippen LogP contribution in [0, 0.1) is 11.8 Å². The first-order valence-corrected chi connectivity index (χ1v) is 8.32. The van der Waals surface area contributed by atoms with E-state index >= 15 is 0 Å². The van der Waals surface area contributed by atoms with Crippen LogP contribution in [0.3, 0.4) is 0 Å². The van der Waals surface area contributed by atoms with Gasteiger partial charge in [0.25, 0.3) is 5.91 Å². The number of aryl methyl sites for hydroxylation is 1. The van der Waals surface area contributed by atoms with Gasteiger partial charge in [0.15, 0.2) is 0 Å². The van der Waals surface area contributed by atoms with E-state index < -0.39 is 0 Å². The quantitative estimate of drug-likeness (QED) is 0.682. The van der Waals surface area contributed by atoms with Gasteiger partial charge in [-0.1, -0.05) is 55.2 Å². The molecule has 0 heterocycles. The highest BCUT2D eigenvalue weighted by Gasteiger charge is 2.07. The molecule has 1 N–H and O–H groups in total. The number of nitrogens with one attached hydrogen (secondary N) is 1. The Kier molecular flexibility index (Phi) is 5.29. The van der Waals surface area contributed by atoms with Gasteiger partial charge in [0, 0.05) is 22.4 Å². The molecule has 0 radical (unpaired) electrons. The average molecular weight is 325 g/mol. The van der Waals surface area contributed by atoms with Crippen molar-refractivity contribution in [3.8, 4) is 11.8 Å². The molecule has 2 nitrogen and oxygen atoms in total. The van der Waals surface area contributed by atoms with Crippen molar-refractivity contribution < 1.29 is 4.79 Å². The Hall–Kier alpha value is -3.31. The summed E-state index contributed by atoms with van der Waals surface area (Å²) in [6.07, 6.45) is 0.879.